The molecule has 1 rings (SSSR count). The minimum atomic E-state index is -0.536. The third kappa shape index (κ3) is 5.95. The summed E-state index contributed by atoms with van der Waals surface area (Å²) in [5.41, 5.74) is 0.271. The number of hydrogen-bond acceptors (Lipinski definition) is 4. The second-order valence-corrected chi connectivity index (χ2v) is 5.24. The lowest BCUT2D eigenvalue weighted by Gasteiger charge is -2.19. The van der Waals surface area contributed by atoms with Crippen molar-refractivity contribution in [3.05, 3.63) is 40.1 Å². The molecule has 120 valence electrons. The molecule has 0 heterocycles. The van der Waals surface area contributed by atoms with Crippen molar-refractivity contribution in [1.29, 1.82) is 0 Å². The molecule has 0 aromatic heterocycles. The maximum Gasteiger partial charge on any atom is 0.325 e. The van der Waals surface area contributed by atoms with Crippen molar-refractivity contribution in [2.24, 2.45) is 0 Å². The Bertz CT molecular complexity index is 562. The van der Waals surface area contributed by atoms with Crippen LogP contribution in [0, 0.1) is 5.82 Å². The highest BCUT2D eigenvalue weighted by atomic mass is 79.9. The zero-order valence-corrected chi connectivity index (χ0v) is 13.9. The Hall–Kier alpha value is -1.73. The highest BCUT2D eigenvalue weighted by Crippen LogP contribution is 2.16. The number of carbonyl (C=O) groups is 2. The largest absolute Gasteiger partial charge is 0.468 e. The molecular weight excluding hydrogens is 357 g/mol. The minimum Gasteiger partial charge on any atom is -0.468 e. The molecule has 0 bridgehead atoms. The quantitative estimate of drug-likeness (QED) is 0.543. The summed E-state index contributed by atoms with van der Waals surface area (Å²) in [5.74, 6) is -1.41. The molecule has 5 nitrogen and oxygen atoms in total. The second-order valence-electron chi connectivity index (χ2n) is 4.33. The van der Waals surface area contributed by atoms with Gasteiger partial charge in [-0.3, -0.25) is 9.59 Å². The third-order valence-corrected chi connectivity index (χ3v) is 3.28. The Morgan fingerprint density at radius 3 is 2.73 bits per heavy atom. The first-order valence-corrected chi connectivity index (χ1v) is 7.25. The van der Waals surface area contributed by atoms with Gasteiger partial charge in [-0.15, -0.1) is 0 Å². The first-order chi connectivity index (χ1) is 10.5. The fourth-order valence-corrected chi connectivity index (χ4v) is 1.98. The lowest BCUT2D eigenvalue weighted by atomic mass is 10.2. The van der Waals surface area contributed by atoms with E-state index in [4.69, 9.17) is 4.74 Å². The molecule has 0 saturated carbocycles. The molecule has 0 aliphatic rings. The number of benzene rings is 1. The van der Waals surface area contributed by atoms with Crippen LogP contribution >= 0.6 is 15.9 Å². The molecular formula is C15H17BrFNO4. The van der Waals surface area contributed by atoms with Gasteiger partial charge in [-0.05, 0) is 24.3 Å². The zero-order chi connectivity index (χ0) is 16.5. The summed E-state index contributed by atoms with van der Waals surface area (Å²) in [4.78, 5) is 24.7. The normalized spacial score (nSPS) is 10.7. The highest BCUT2D eigenvalue weighted by Gasteiger charge is 2.15. The van der Waals surface area contributed by atoms with E-state index < -0.39 is 17.7 Å². The Balaban J connectivity index is 2.82. The first kappa shape index (κ1) is 18.3. The Morgan fingerprint density at radius 1 is 1.36 bits per heavy atom. The van der Waals surface area contributed by atoms with Crippen LogP contribution < -0.4 is 0 Å². The van der Waals surface area contributed by atoms with E-state index in [1.807, 2.05) is 0 Å². The van der Waals surface area contributed by atoms with Gasteiger partial charge in [-0.25, -0.2) is 4.39 Å². The number of amides is 1. The number of methoxy groups -OCH3 is 2. The summed E-state index contributed by atoms with van der Waals surface area (Å²) in [6.45, 7) is 0.321. The number of ether oxygens (including phenoxy) is 2. The zero-order valence-electron chi connectivity index (χ0n) is 12.3. The Kier molecular flexibility index (Phi) is 7.76. The van der Waals surface area contributed by atoms with Gasteiger partial charge >= 0.3 is 5.97 Å². The summed E-state index contributed by atoms with van der Waals surface area (Å²) in [5, 5.41) is 0. The fourth-order valence-electron chi connectivity index (χ4n) is 1.60. The van der Waals surface area contributed by atoms with Crippen LogP contribution in [0.5, 0.6) is 0 Å². The fraction of sp³-hybridized carbons (Fsp3) is 0.333. The van der Waals surface area contributed by atoms with Crippen molar-refractivity contribution in [2.45, 2.75) is 0 Å². The second kappa shape index (κ2) is 9.32. The van der Waals surface area contributed by atoms with Crippen LogP contribution in [-0.4, -0.2) is 50.7 Å². The van der Waals surface area contributed by atoms with Crippen molar-refractivity contribution >= 4 is 33.9 Å². The van der Waals surface area contributed by atoms with Crippen molar-refractivity contribution in [3.63, 3.8) is 0 Å². The molecule has 7 heteroatoms. The molecule has 1 aromatic carbocycles. The average Bonchev–Trinajstić information content (AvgIpc) is 2.51. The SMILES string of the molecule is COCCN(CC(=O)OC)C(=O)/C=C/c1cc(Br)ccc1F. The smallest absolute Gasteiger partial charge is 0.325 e. The van der Waals surface area contributed by atoms with Crippen LogP contribution in [0.4, 0.5) is 4.39 Å². The molecule has 22 heavy (non-hydrogen) atoms. The predicted octanol–water partition coefficient (Wildman–Crippen LogP) is 2.25. The number of rotatable bonds is 7. The van der Waals surface area contributed by atoms with E-state index in [2.05, 4.69) is 20.7 Å². The van der Waals surface area contributed by atoms with Crippen molar-refractivity contribution in [3.8, 4) is 0 Å². The molecule has 0 unspecified atom stereocenters. The molecule has 0 N–H and O–H groups in total. The molecule has 0 radical (unpaired) electrons. The summed E-state index contributed by atoms with van der Waals surface area (Å²) >= 11 is 3.23. The maximum absolute atomic E-state index is 13.6. The number of esters is 1. The van der Waals surface area contributed by atoms with Gasteiger partial charge in [0.05, 0.1) is 13.7 Å². The Morgan fingerprint density at radius 2 is 2.09 bits per heavy atom. The van der Waals surface area contributed by atoms with Crippen LogP contribution in [0.15, 0.2) is 28.7 Å². The van der Waals surface area contributed by atoms with Crippen molar-refractivity contribution < 1.29 is 23.5 Å². The van der Waals surface area contributed by atoms with E-state index >= 15 is 0 Å². The molecule has 0 saturated heterocycles. The summed E-state index contributed by atoms with van der Waals surface area (Å²) < 4.78 is 23.7. The number of halogens is 2. The monoisotopic (exact) mass is 373 g/mol. The van der Waals surface area contributed by atoms with Gasteiger partial charge in [0, 0.05) is 29.8 Å². The summed E-state index contributed by atoms with van der Waals surface area (Å²) in [6, 6.07) is 4.42. The van der Waals surface area contributed by atoms with E-state index in [1.165, 1.54) is 37.3 Å². The van der Waals surface area contributed by atoms with Crippen LogP contribution in [0.25, 0.3) is 6.08 Å². The van der Waals surface area contributed by atoms with Crippen LogP contribution in [0.2, 0.25) is 0 Å². The maximum atomic E-state index is 13.6. The minimum absolute atomic E-state index is 0.190. The predicted molar refractivity (Wildman–Crippen MR) is 83.6 cm³/mol. The van der Waals surface area contributed by atoms with Crippen molar-refractivity contribution in [1.82, 2.24) is 4.90 Å². The van der Waals surface area contributed by atoms with E-state index in [1.54, 1.807) is 12.1 Å². The third-order valence-electron chi connectivity index (χ3n) is 2.79. The van der Waals surface area contributed by atoms with Gasteiger partial charge in [0.15, 0.2) is 0 Å². The van der Waals surface area contributed by atoms with Gasteiger partial charge in [0.1, 0.15) is 12.4 Å². The molecule has 1 aromatic rings. The first-order valence-electron chi connectivity index (χ1n) is 6.45. The average molecular weight is 374 g/mol. The molecule has 0 aliphatic heterocycles. The van der Waals surface area contributed by atoms with E-state index in [-0.39, 0.29) is 25.3 Å². The molecule has 0 atom stereocenters. The molecule has 1 amide bonds. The number of carbonyl (C=O) groups excluding carboxylic acids is 2. The van der Waals surface area contributed by atoms with Crippen LogP contribution in [-0.2, 0) is 19.1 Å². The summed E-state index contributed by atoms with van der Waals surface area (Å²) in [6.07, 6.45) is 2.57. The number of hydrogen-bond donors (Lipinski definition) is 0. The molecule has 0 aliphatic carbocycles. The van der Waals surface area contributed by atoms with E-state index in [9.17, 15) is 14.0 Å². The van der Waals surface area contributed by atoms with Crippen LogP contribution in [0.1, 0.15) is 5.56 Å². The van der Waals surface area contributed by atoms with Gasteiger partial charge in [0.25, 0.3) is 0 Å². The van der Waals surface area contributed by atoms with Gasteiger partial charge in [0.2, 0.25) is 5.91 Å². The topological polar surface area (TPSA) is 55.8 Å². The van der Waals surface area contributed by atoms with Gasteiger partial charge in [-0.1, -0.05) is 15.9 Å². The van der Waals surface area contributed by atoms with Crippen LogP contribution in [0.3, 0.4) is 0 Å². The number of nitrogens with zero attached hydrogens (tertiary/aromatic N) is 1. The van der Waals surface area contributed by atoms with Crippen molar-refractivity contribution in [2.75, 3.05) is 33.9 Å². The summed E-state index contributed by atoms with van der Waals surface area (Å²) in [7, 11) is 2.74. The lowest BCUT2D eigenvalue weighted by molar-refractivity contribution is -0.145. The highest BCUT2D eigenvalue weighted by molar-refractivity contribution is 9.10. The van der Waals surface area contributed by atoms with E-state index in [0.717, 1.165) is 0 Å². The lowest BCUT2D eigenvalue weighted by Crippen LogP contribution is -2.37. The molecule has 0 fully saturated rings. The standard InChI is InChI=1S/C15H17BrFNO4/c1-21-8-7-18(10-15(20)22-2)14(19)6-3-11-9-12(16)4-5-13(11)17/h3-6,9H,7-8,10H2,1-2H3/b6-3+. The Labute approximate surface area is 136 Å². The van der Waals surface area contributed by atoms with Gasteiger partial charge in [-0.2, -0.15) is 0 Å². The molecule has 0 spiro atoms. The van der Waals surface area contributed by atoms with E-state index in [0.29, 0.717) is 4.47 Å². The van der Waals surface area contributed by atoms with Gasteiger partial charge < -0.3 is 14.4 Å².